The van der Waals surface area contributed by atoms with Gasteiger partial charge in [0.25, 0.3) is 0 Å². The molecule has 4 rings (SSSR count). The molecule has 2 aromatic heterocycles. The average molecular weight is 387 g/mol. The van der Waals surface area contributed by atoms with E-state index in [0.29, 0.717) is 18.0 Å². The Bertz CT molecular complexity index is 936. The highest BCUT2D eigenvalue weighted by Crippen LogP contribution is 2.47. The van der Waals surface area contributed by atoms with Crippen LogP contribution in [0, 0.1) is 13.8 Å². The molecule has 9 nitrogen and oxygen atoms in total. The van der Waals surface area contributed by atoms with Crippen LogP contribution in [0.4, 0.5) is 11.8 Å². The minimum absolute atomic E-state index is 0.0815. The number of pyridine rings is 1. The standard InChI is InChI=1S/C17H21N7O2S/c1-7-5-20-10(8(2)13(7)26-3)6-24-15-12-9(23-24)4-11(14(18)25)27-16(12)22-17(19)21-15/h5,9,11,23H,4,6H2,1-3H3,(H2,18,25)(H2,19,21,22). The summed E-state index contributed by atoms with van der Waals surface area (Å²) in [5, 5.41) is 2.27. The largest absolute Gasteiger partial charge is 0.496 e. The van der Waals surface area contributed by atoms with E-state index in [9.17, 15) is 4.79 Å². The molecule has 2 atom stereocenters. The van der Waals surface area contributed by atoms with Crippen molar-refractivity contribution in [2.45, 2.75) is 43.1 Å². The van der Waals surface area contributed by atoms with E-state index in [0.717, 1.165) is 34.0 Å². The zero-order valence-electron chi connectivity index (χ0n) is 15.3. The summed E-state index contributed by atoms with van der Waals surface area (Å²) in [6, 6.07) is -0.0815. The van der Waals surface area contributed by atoms with Crippen molar-refractivity contribution in [3.63, 3.8) is 0 Å². The van der Waals surface area contributed by atoms with Crippen LogP contribution in [0.3, 0.4) is 0 Å². The summed E-state index contributed by atoms with van der Waals surface area (Å²) < 4.78 is 5.50. The second-order valence-corrected chi connectivity index (χ2v) is 7.87. The minimum Gasteiger partial charge on any atom is -0.496 e. The fourth-order valence-electron chi connectivity index (χ4n) is 3.61. The Kier molecular flexibility index (Phi) is 4.31. The number of rotatable bonds is 4. The first-order valence-electron chi connectivity index (χ1n) is 8.55. The first-order valence-corrected chi connectivity index (χ1v) is 9.43. The number of nitrogens with one attached hydrogen (secondary N) is 1. The van der Waals surface area contributed by atoms with E-state index in [2.05, 4.69) is 20.4 Å². The Morgan fingerprint density at radius 1 is 1.44 bits per heavy atom. The molecule has 0 spiro atoms. The highest BCUT2D eigenvalue weighted by molar-refractivity contribution is 8.00. The Labute approximate surface area is 160 Å². The minimum atomic E-state index is -0.356. The third-order valence-electron chi connectivity index (χ3n) is 4.90. The van der Waals surface area contributed by atoms with Gasteiger partial charge in [0.05, 0.1) is 30.6 Å². The monoisotopic (exact) mass is 387 g/mol. The number of aryl methyl sites for hydroxylation is 1. The van der Waals surface area contributed by atoms with Crippen LogP contribution in [0.1, 0.15) is 34.8 Å². The summed E-state index contributed by atoms with van der Waals surface area (Å²) >= 11 is 1.35. The van der Waals surface area contributed by atoms with Crippen molar-refractivity contribution >= 4 is 29.4 Å². The lowest BCUT2D eigenvalue weighted by Crippen LogP contribution is -2.38. The molecule has 142 valence electrons. The van der Waals surface area contributed by atoms with Gasteiger partial charge in [-0.2, -0.15) is 4.98 Å². The Morgan fingerprint density at radius 3 is 2.93 bits per heavy atom. The van der Waals surface area contributed by atoms with E-state index in [4.69, 9.17) is 16.2 Å². The first kappa shape index (κ1) is 17.8. The number of nitrogen functional groups attached to an aromatic ring is 1. The molecule has 0 bridgehead atoms. The van der Waals surface area contributed by atoms with E-state index < -0.39 is 0 Å². The van der Waals surface area contributed by atoms with Gasteiger partial charge in [0.15, 0.2) is 5.82 Å². The molecule has 27 heavy (non-hydrogen) atoms. The smallest absolute Gasteiger partial charge is 0.231 e. The maximum atomic E-state index is 11.7. The predicted molar refractivity (Wildman–Crippen MR) is 102 cm³/mol. The molecule has 0 radical (unpaired) electrons. The van der Waals surface area contributed by atoms with Crippen molar-refractivity contribution in [3.05, 3.63) is 28.6 Å². The number of nitrogens with two attached hydrogens (primary N) is 2. The number of aromatic nitrogens is 3. The molecule has 2 unspecified atom stereocenters. The Hall–Kier alpha value is -2.59. The van der Waals surface area contributed by atoms with E-state index in [1.54, 1.807) is 13.3 Å². The number of methoxy groups -OCH3 is 1. The molecule has 10 heteroatoms. The number of hydrazine groups is 1. The molecule has 0 aliphatic carbocycles. The van der Waals surface area contributed by atoms with Crippen LogP contribution in [0.15, 0.2) is 11.2 Å². The Balaban J connectivity index is 1.70. The van der Waals surface area contributed by atoms with Gasteiger partial charge in [0, 0.05) is 22.9 Å². The quantitative estimate of drug-likeness (QED) is 0.657. The summed E-state index contributed by atoms with van der Waals surface area (Å²) in [5.41, 5.74) is 18.6. The number of amides is 1. The third-order valence-corrected chi connectivity index (χ3v) is 6.15. The highest BCUT2D eigenvalue weighted by Gasteiger charge is 2.41. The van der Waals surface area contributed by atoms with Gasteiger partial charge in [0.1, 0.15) is 10.8 Å². The summed E-state index contributed by atoms with van der Waals surface area (Å²) in [4.78, 5) is 25.0. The fraction of sp³-hybridized carbons (Fsp3) is 0.412. The molecule has 0 saturated carbocycles. The zero-order chi connectivity index (χ0) is 19.3. The van der Waals surface area contributed by atoms with E-state index in [-0.39, 0.29) is 23.1 Å². The van der Waals surface area contributed by atoms with Gasteiger partial charge in [-0.25, -0.2) is 10.4 Å². The molecule has 2 aliphatic heterocycles. The molecule has 4 heterocycles. The second kappa shape index (κ2) is 6.54. The number of carbonyl (C=O) groups excluding carboxylic acids is 1. The number of anilines is 2. The maximum absolute atomic E-state index is 11.7. The van der Waals surface area contributed by atoms with Crippen molar-refractivity contribution in [2.24, 2.45) is 5.73 Å². The van der Waals surface area contributed by atoms with Crippen molar-refractivity contribution < 1.29 is 9.53 Å². The molecular formula is C17H21N7O2S. The second-order valence-electron chi connectivity index (χ2n) is 6.68. The molecule has 0 aromatic carbocycles. The normalized spacial score (nSPS) is 20.5. The van der Waals surface area contributed by atoms with Crippen molar-refractivity contribution in [3.8, 4) is 5.75 Å². The molecule has 0 saturated heterocycles. The van der Waals surface area contributed by atoms with Gasteiger partial charge in [-0.1, -0.05) is 11.8 Å². The summed E-state index contributed by atoms with van der Waals surface area (Å²) in [7, 11) is 1.66. The summed E-state index contributed by atoms with van der Waals surface area (Å²) in [6.07, 6.45) is 2.37. The van der Waals surface area contributed by atoms with Gasteiger partial charge >= 0.3 is 0 Å². The lowest BCUT2D eigenvalue weighted by molar-refractivity contribution is -0.117. The molecular weight excluding hydrogens is 366 g/mol. The number of thioether (sulfide) groups is 1. The molecule has 2 aromatic rings. The third kappa shape index (κ3) is 2.94. The predicted octanol–water partition coefficient (Wildman–Crippen LogP) is 0.995. The van der Waals surface area contributed by atoms with Crippen molar-refractivity contribution in [1.29, 1.82) is 0 Å². The number of hydrogen-bond donors (Lipinski definition) is 3. The van der Waals surface area contributed by atoms with Crippen LogP contribution in [0.5, 0.6) is 5.75 Å². The number of ether oxygens (including phenoxy) is 1. The summed E-state index contributed by atoms with van der Waals surface area (Å²) in [6.45, 7) is 4.43. The van der Waals surface area contributed by atoms with Gasteiger partial charge < -0.3 is 16.2 Å². The number of nitrogens with zero attached hydrogens (tertiary/aromatic N) is 4. The molecule has 2 aliphatic rings. The molecule has 1 amide bonds. The number of hydrogen-bond acceptors (Lipinski definition) is 9. The van der Waals surface area contributed by atoms with Crippen molar-refractivity contribution in [1.82, 2.24) is 20.4 Å². The maximum Gasteiger partial charge on any atom is 0.231 e. The van der Waals surface area contributed by atoms with Gasteiger partial charge in [-0.3, -0.25) is 14.8 Å². The van der Waals surface area contributed by atoms with E-state index >= 15 is 0 Å². The molecule has 0 fully saturated rings. The summed E-state index contributed by atoms with van der Waals surface area (Å²) in [5.74, 6) is 1.36. The van der Waals surface area contributed by atoms with E-state index in [1.165, 1.54) is 11.8 Å². The molecule has 5 N–H and O–H groups in total. The van der Waals surface area contributed by atoms with Crippen LogP contribution in [0.2, 0.25) is 0 Å². The van der Waals surface area contributed by atoms with Gasteiger partial charge in [-0.05, 0) is 20.3 Å². The zero-order valence-corrected chi connectivity index (χ0v) is 16.1. The highest BCUT2D eigenvalue weighted by atomic mass is 32.2. The lowest BCUT2D eigenvalue weighted by atomic mass is 10.0. The number of carbonyl (C=O) groups is 1. The topological polar surface area (TPSA) is 132 Å². The van der Waals surface area contributed by atoms with Crippen LogP contribution >= 0.6 is 11.8 Å². The Morgan fingerprint density at radius 2 is 2.22 bits per heavy atom. The van der Waals surface area contributed by atoms with Crippen LogP contribution in [-0.4, -0.2) is 33.2 Å². The van der Waals surface area contributed by atoms with Crippen LogP contribution in [-0.2, 0) is 11.3 Å². The van der Waals surface area contributed by atoms with Crippen LogP contribution in [0.25, 0.3) is 0 Å². The van der Waals surface area contributed by atoms with Gasteiger partial charge in [0.2, 0.25) is 11.9 Å². The number of primary amides is 1. The average Bonchev–Trinajstić information content (AvgIpc) is 2.96. The van der Waals surface area contributed by atoms with Crippen molar-refractivity contribution in [2.75, 3.05) is 17.9 Å². The van der Waals surface area contributed by atoms with Crippen LogP contribution < -0.4 is 26.6 Å². The fourth-order valence-corrected chi connectivity index (χ4v) is 4.79. The van der Waals surface area contributed by atoms with E-state index in [1.807, 2.05) is 18.9 Å². The van der Waals surface area contributed by atoms with Gasteiger partial charge in [-0.15, -0.1) is 0 Å². The lowest BCUT2D eigenvalue weighted by Gasteiger charge is -2.25. The SMILES string of the molecule is COc1c(C)cnc(CN2NC3CC(C(N)=O)Sc4nc(N)nc2c43)c1C. The first-order chi connectivity index (χ1) is 12.9.